The first kappa shape index (κ1) is 31.9. The van der Waals surface area contributed by atoms with Crippen LogP contribution in [-0.4, -0.2) is 19.5 Å². The standard InChI is InChI=1S/C51H30N4OS/c1-2-13-31(14-3-1)32-27-28-36-35-17-4-7-23-42(35)55(43(36)30-32)34-16-10-15-33(29-34)49-52-50(40-21-12-25-45-47(40)39-19-5-8-24-44(39)56-45)54-51(53-49)41-22-11-20-38-37-18-6-9-26-46(37)57-48(38)41/h1-30H. The molecule has 0 unspecified atom stereocenters. The lowest BCUT2D eigenvalue weighted by Gasteiger charge is -2.12. The van der Waals surface area contributed by atoms with E-state index in [0.717, 1.165) is 60.0 Å². The molecule has 0 saturated carbocycles. The van der Waals surface area contributed by atoms with E-state index < -0.39 is 0 Å². The quantitative estimate of drug-likeness (QED) is 0.176. The van der Waals surface area contributed by atoms with Crippen LogP contribution in [0.3, 0.4) is 0 Å². The van der Waals surface area contributed by atoms with Crippen molar-refractivity contribution < 1.29 is 4.42 Å². The molecule has 57 heavy (non-hydrogen) atoms. The van der Waals surface area contributed by atoms with Gasteiger partial charge < -0.3 is 8.98 Å². The van der Waals surface area contributed by atoms with Gasteiger partial charge in [0.1, 0.15) is 11.2 Å². The predicted molar refractivity (Wildman–Crippen MR) is 236 cm³/mol. The van der Waals surface area contributed by atoms with Gasteiger partial charge in [-0.05, 0) is 59.7 Å². The second-order valence-electron chi connectivity index (χ2n) is 14.4. The Morgan fingerprint density at radius 1 is 0.404 bits per heavy atom. The van der Waals surface area contributed by atoms with Gasteiger partial charge in [-0.25, -0.2) is 15.0 Å². The highest BCUT2D eigenvalue weighted by Crippen LogP contribution is 2.42. The minimum Gasteiger partial charge on any atom is -0.456 e. The Morgan fingerprint density at radius 2 is 1.05 bits per heavy atom. The summed E-state index contributed by atoms with van der Waals surface area (Å²) in [5, 5.41) is 6.86. The van der Waals surface area contributed by atoms with Crippen molar-refractivity contribution in [2.24, 2.45) is 0 Å². The summed E-state index contributed by atoms with van der Waals surface area (Å²) in [7, 11) is 0. The maximum Gasteiger partial charge on any atom is 0.165 e. The lowest BCUT2D eigenvalue weighted by atomic mass is 10.0. The van der Waals surface area contributed by atoms with E-state index in [9.17, 15) is 0 Å². The van der Waals surface area contributed by atoms with Crippen LogP contribution in [-0.2, 0) is 0 Å². The number of fused-ring (bicyclic) bond motifs is 9. The third-order valence-electron chi connectivity index (χ3n) is 11.1. The first-order chi connectivity index (χ1) is 28.2. The summed E-state index contributed by atoms with van der Waals surface area (Å²) in [6.45, 7) is 0. The molecule has 0 aliphatic heterocycles. The molecule has 0 atom stereocenters. The molecule has 0 aliphatic rings. The fourth-order valence-corrected chi connectivity index (χ4v) is 9.68. The molecule has 4 aromatic heterocycles. The average molecular weight is 747 g/mol. The van der Waals surface area contributed by atoms with Gasteiger partial charge in [-0.3, -0.25) is 0 Å². The van der Waals surface area contributed by atoms with Gasteiger partial charge in [0.2, 0.25) is 0 Å². The van der Waals surface area contributed by atoms with Crippen LogP contribution in [0.15, 0.2) is 186 Å². The highest BCUT2D eigenvalue weighted by molar-refractivity contribution is 7.26. The summed E-state index contributed by atoms with van der Waals surface area (Å²) in [4.78, 5) is 15.9. The molecule has 0 fully saturated rings. The summed E-state index contributed by atoms with van der Waals surface area (Å²) in [6.07, 6.45) is 0. The molecule has 6 heteroatoms. The molecule has 0 radical (unpaired) electrons. The van der Waals surface area contributed by atoms with Gasteiger partial charge in [0.05, 0.1) is 11.0 Å². The van der Waals surface area contributed by atoms with Crippen molar-refractivity contribution in [1.82, 2.24) is 19.5 Å². The lowest BCUT2D eigenvalue weighted by Crippen LogP contribution is -2.01. The number of hydrogen-bond acceptors (Lipinski definition) is 5. The third-order valence-corrected chi connectivity index (χ3v) is 12.3. The van der Waals surface area contributed by atoms with Crippen molar-refractivity contribution in [2.75, 3.05) is 0 Å². The highest BCUT2D eigenvalue weighted by atomic mass is 32.1. The van der Waals surface area contributed by atoms with E-state index in [1.807, 2.05) is 30.3 Å². The lowest BCUT2D eigenvalue weighted by molar-refractivity contribution is 0.669. The van der Waals surface area contributed by atoms with Crippen LogP contribution >= 0.6 is 11.3 Å². The molecule has 0 amide bonds. The first-order valence-corrected chi connectivity index (χ1v) is 19.8. The second-order valence-corrected chi connectivity index (χ2v) is 15.4. The molecule has 5 nitrogen and oxygen atoms in total. The molecule has 4 heterocycles. The Kier molecular flexibility index (Phi) is 7.03. The van der Waals surface area contributed by atoms with Crippen molar-refractivity contribution in [3.63, 3.8) is 0 Å². The monoisotopic (exact) mass is 746 g/mol. The second kappa shape index (κ2) is 12.6. The molecule has 0 saturated heterocycles. The highest BCUT2D eigenvalue weighted by Gasteiger charge is 2.21. The van der Waals surface area contributed by atoms with Crippen LogP contribution in [0, 0.1) is 0 Å². The van der Waals surface area contributed by atoms with Gasteiger partial charge >= 0.3 is 0 Å². The Balaban J connectivity index is 1.10. The minimum atomic E-state index is 0.597. The molecule has 12 rings (SSSR count). The van der Waals surface area contributed by atoms with Crippen molar-refractivity contribution in [2.45, 2.75) is 0 Å². The predicted octanol–water partition coefficient (Wildman–Crippen LogP) is 13.9. The van der Waals surface area contributed by atoms with Crippen LogP contribution in [0.1, 0.15) is 0 Å². The number of furan rings is 1. The largest absolute Gasteiger partial charge is 0.456 e. The maximum absolute atomic E-state index is 6.33. The van der Waals surface area contributed by atoms with E-state index in [0.29, 0.717) is 17.5 Å². The number of nitrogens with zero attached hydrogens (tertiary/aromatic N) is 4. The average Bonchev–Trinajstić information content (AvgIpc) is 3.96. The number of benzene rings is 8. The van der Waals surface area contributed by atoms with Crippen LogP contribution in [0.4, 0.5) is 0 Å². The number of hydrogen-bond donors (Lipinski definition) is 0. The Bertz CT molecular complexity index is 3540. The Hall–Kier alpha value is -7.41. The van der Waals surface area contributed by atoms with Gasteiger partial charge in [-0.1, -0.05) is 133 Å². The molecular formula is C51H30N4OS. The van der Waals surface area contributed by atoms with Gasteiger partial charge in [0.15, 0.2) is 17.5 Å². The topological polar surface area (TPSA) is 56.7 Å². The summed E-state index contributed by atoms with van der Waals surface area (Å²) < 4.78 is 11.1. The molecule has 266 valence electrons. The van der Waals surface area contributed by atoms with Crippen LogP contribution in [0.2, 0.25) is 0 Å². The molecule has 0 bridgehead atoms. The minimum absolute atomic E-state index is 0.597. The molecule has 0 N–H and O–H groups in total. The van der Waals surface area contributed by atoms with E-state index in [1.54, 1.807) is 11.3 Å². The molecule has 12 aromatic rings. The van der Waals surface area contributed by atoms with Crippen molar-refractivity contribution in [1.29, 1.82) is 0 Å². The van der Waals surface area contributed by atoms with E-state index in [-0.39, 0.29) is 0 Å². The fraction of sp³-hybridized carbons (Fsp3) is 0. The van der Waals surface area contributed by atoms with Crippen molar-refractivity contribution in [3.8, 4) is 51.0 Å². The maximum atomic E-state index is 6.33. The van der Waals surface area contributed by atoms with E-state index >= 15 is 0 Å². The molecular weight excluding hydrogens is 717 g/mol. The Labute approximate surface area is 330 Å². The van der Waals surface area contributed by atoms with E-state index in [1.165, 1.54) is 37.4 Å². The third kappa shape index (κ3) is 5.04. The molecule has 8 aromatic carbocycles. The first-order valence-electron chi connectivity index (χ1n) is 19.0. The summed E-state index contributed by atoms with van der Waals surface area (Å²) >= 11 is 1.78. The zero-order chi connectivity index (χ0) is 37.5. The van der Waals surface area contributed by atoms with Crippen molar-refractivity contribution >= 4 is 75.3 Å². The van der Waals surface area contributed by atoms with Gasteiger partial charge in [-0.15, -0.1) is 11.3 Å². The molecule has 0 spiro atoms. The summed E-state index contributed by atoms with van der Waals surface area (Å²) in [5.74, 6) is 1.83. The van der Waals surface area contributed by atoms with Gasteiger partial charge in [0, 0.05) is 64.1 Å². The zero-order valence-corrected chi connectivity index (χ0v) is 31.2. The summed E-state index contributed by atoms with van der Waals surface area (Å²) in [5.41, 5.74) is 10.1. The number of aromatic nitrogens is 4. The smallest absolute Gasteiger partial charge is 0.165 e. The molecule has 0 aliphatic carbocycles. The Morgan fingerprint density at radius 3 is 1.96 bits per heavy atom. The summed E-state index contributed by atoms with van der Waals surface area (Å²) in [6, 6.07) is 63.8. The van der Waals surface area contributed by atoms with E-state index in [4.69, 9.17) is 19.4 Å². The number of para-hydroxylation sites is 2. The van der Waals surface area contributed by atoms with Crippen LogP contribution < -0.4 is 0 Å². The van der Waals surface area contributed by atoms with Crippen LogP contribution in [0.25, 0.3) is 115 Å². The SMILES string of the molecule is c1ccc(-c2ccc3c4ccccc4n(-c4cccc(-c5nc(-c6cccc7c6sc6ccccc67)nc(-c6cccc7oc8ccccc8c67)n5)c4)c3c2)cc1. The number of rotatable bonds is 5. The van der Waals surface area contributed by atoms with Gasteiger partial charge in [-0.2, -0.15) is 0 Å². The fourth-order valence-electron chi connectivity index (χ4n) is 8.47. The van der Waals surface area contributed by atoms with Crippen molar-refractivity contribution in [3.05, 3.63) is 182 Å². The number of thiophene rings is 1. The van der Waals surface area contributed by atoms with E-state index in [2.05, 4.69) is 156 Å². The normalized spacial score (nSPS) is 11.9. The van der Waals surface area contributed by atoms with Gasteiger partial charge in [0.25, 0.3) is 0 Å². The zero-order valence-electron chi connectivity index (χ0n) is 30.4. The van der Waals surface area contributed by atoms with Crippen LogP contribution in [0.5, 0.6) is 0 Å².